The molecule has 1 amide bonds. The topological polar surface area (TPSA) is 99.3 Å². The molecule has 0 aliphatic rings. The lowest BCUT2D eigenvalue weighted by Crippen LogP contribution is -2.38. The fourth-order valence-corrected chi connectivity index (χ4v) is 5.00. The number of carbonyl (C=O) groups is 1. The van der Waals surface area contributed by atoms with Crippen LogP contribution >= 0.6 is 0 Å². The first-order valence-corrected chi connectivity index (χ1v) is 13.1. The molecule has 1 aromatic heterocycles. The van der Waals surface area contributed by atoms with Crippen LogP contribution in [0.5, 0.6) is 0 Å². The van der Waals surface area contributed by atoms with Crippen LogP contribution in [0.2, 0.25) is 0 Å². The van der Waals surface area contributed by atoms with E-state index < -0.39 is 33.1 Å². The van der Waals surface area contributed by atoms with Crippen LogP contribution in [0.1, 0.15) is 35.3 Å². The lowest BCUT2D eigenvalue weighted by Gasteiger charge is -2.27. The van der Waals surface area contributed by atoms with Crippen LogP contribution in [-0.4, -0.2) is 30.3 Å². The third-order valence-corrected chi connectivity index (χ3v) is 7.29. The number of amides is 1. The largest absolute Gasteiger partial charge is 0.416 e. The van der Waals surface area contributed by atoms with Crippen LogP contribution in [0.4, 0.5) is 18.9 Å². The summed E-state index contributed by atoms with van der Waals surface area (Å²) in [5.41, 5.74) is -0.960. The summed E-state index contributed by atoms with van der Waals surface area (Å²) < 4.78 is 67.1. The summed E-state index contributed by atoms with van der Waals surface area (Å²) in [6, 6.07) is 16.5. The number of rotatable bonds is 7. The van der Waals surface area contributed by atoms with Crippen LogP contribution in [-0.2, 0) is 22.7 Å². The summed E-state index contributed by atoms with van der Waals surface area (Å²) in [4.78, 5) is 30.8. The molecule has 0 saturated carbocycles. The first kappa shape index (κ1) is 26.9. The number of halogens is 3. The quantitative estimate of drug-likeness (QED) is 0.326. The summed E-state index contributed by atoms with van der Waals surface area (Å²) >= 11 is 0. The Hall–Kier alpha value is -4.12. The fourth-order valence-electron chi connectivity index (χ4n) is 3.92. The maximum Gasteiger partial charge on any atom is 0.416 e. The minimum absolute atomic E-state index is 0.0498. The van der Waals surface area contributed by atoms with Gasteiger partial charge in [0.2, 0.25) is 5.43 Å². The van der Waals surface area contributed by atoms with E-state index >= 15 is 0 Å². The number of sulfonamides is 1. The fraction of sp³-hybridized carbons (Fsp3) is 0.185. The van der Waals surface area contributed by atoms with Gasteiger partial charge in [-0.15, -0.1) is 0 Å². The second-order valence-electron chi connectivity index (χ2n) is 8.94. The normalized spacial score (nSPS) is 12.1. The number of carbonyl (C=O) groups excluding carboxylic acids is 1. The molecule has 1 heterocycles. The Kier molecular flexibility index (Phi) is 7.32. The minimum Gasteiger partial charge on any atom is -0.360 e. The van der Waals surface area contributed by atoms with Crippen LogP contribution in [0, 0.1) is 0 Å². The molecular formula is C27H24F3N3O4S. The summed E-state index contributed by atoms with van der Waals surface area (Å²) in [6.45, 7) is 3.91. The summed E-state index contributed by atoms with van der Waals surface area (Å²) in [6.07, 6.45) is -3.35. The Morgan fingerprint density at radius 3 is 2.37 bits per heavy atom. The van der Waals surface area contributed by atoms with Crippen molar-refractivity contribution >= 4 is 32.5 Å². The number of H-pyrrole nitrogens is 1. The molecule has 0 spiro atoms. The molecule has 3 aromatic carbocycles. The predicted molar refractivity (Wildman–Crippen MR) is 138 cm³/mol. The molecule has 0 radical (unpaired) electrons. The molecule has 0 atom stereocenters. The van der Waals surface area contributed by atoms with E-state index in [9.17, 15) is 31.2 Å². The maximum atomic E-state index is 13.4. The van der Waals surface area contributed by atoms with Crippen LogP contribution in [0.3, 0.4) is 0 Å². The highest BCUT2D eigenvalue weighted by Crippen LogP contribution is 2.31. The van der Waals surface area contributed by atoms with Gasteiger partial charge in [0.15, 0.2) is 0 Å². The molecule has 0 unspecified atom stereocenters. The number of benzene rings is 3. The van der Waals surface area contributed by atoms with Crippen molar-refractivity contribution in [3.05, 3.63) is 106 Å². The number of aromatic nitrogens is 1. The van der Waals surface area contributed by atoms with Crippen molar-refractivity contribution in [2.24, 2.45) is 0 Å². The van der Waals surface area contributed by atoms with Gasteiger partial charge >= 0.3 is 6.18 Å². The lowest BCUT2D eigenvalue weighted by atomic mass is 10.1. The number of anilines is 1. The van der Waals surface area contributed by atoms with Gasteiger partial charge in [-0.3, -0.25) is 14.3 Å². The van der Waals surface area contributed by atoms with E-state index in [0.717, 1.165) is 23.8 Å². The van der Waals surface area contributed by atoms with E-state index in [0.29, 0.717) is 11.6 Å². The van der Waals surface area contributed by atoms with Crippen molar-refractivity contribution < 1.29 is 26.4 Å². The number of hydrogen-bond donors (Lipinski definition) is 2. The molecular weight excluding hydrogens is 519 g/mol. The highest BCUT2D eigenvalue weighted by molar-refractivity contribution is 7.92. The molecule has 38 heavy (non-hydrogen) atoms. The number of nitrogens with one attached hydrogen (secondary N) is 2. The van der Waals surface area contributed by atoms with Gasteiger partial charge in [-0.25, -0.2) is 8.42 Å². The Bertz CT molecular complexity index is 1650. The Morgan fingerprint density at radius 1 is 1.00 bits per heavy atom. The predicted octanol–water partition coefficient (Wildman–Crippen LogP) is 5.40. The summed E-state index contributed by atoms with van der Waals surface area (Å²) in [5.74, 6) is -0.526. The highest BCUT2D eigenvalue weighted by atomic mass is 32.2. The third-order valence-electron chi connectivity index (χ3n) is 5.92. The van der Waals surface area contributed by atoms with Gasteiger partial charge in [-0.2, -0.15) is 13.2 Å². The summed E-state index contributed by atoms with van der Waals surface area (Å²) in [5, 5.41) is -0.0498. The van der Waals surface area contributed by atoms with E-state index in [1.54, 1.807) is 0 Å². The molecule has 2 N–H and O–H groups in total. The monoisotopic (exact) mass is 543 g/mol. The van der Waals surface area contributed by atoms with E-state index in [1.165, 1.54) is 29.3 Å². The molecule has 0 bridgehead atoms. The number of nitrogens with zero attached hydrogens (tertiary/aromatic N) is 1. The van der Waals surface area contributed by atoms with Crippen molar-refractivity contribution in [2.75, 3.05) is 4.72 Å². The van der Waals surface area contributed by atoms with E-state index in [1.807, 2.05) is 44.2 Å². The first-order valence-electron chi connectivity index (χ1n) is 11.6. The standard InChI is InChI=1S/C27H24F3N3O4S/c1-17(2)33(16-18-7-4-3-5-8-18)26(35)23-15-31-24-12-11-21(14-22(24)25(23)34)38(36,37)32-20-10-6-9-19(13-20)27(28,29)30/h3-15,17,32H,16H2,1-2H3,(H,31,34). The third kappa shape index (κ3) is 5.72. The number of alkyl halides is 3. The first-order chi connectivity index (χ1) is 17.9. The molecule has 0 aliphatic heterocycles. The molecule has 0 saturated heterocycles. The average molecular weight is 544 g/mol. The average Bonchev–Trinajstić information content (AvgIpc) is 2.87. The Morgan fingerprint density at radius 2 is 1.71 bits per heavy atom. The number of hydrogen-bond acceptors (Lipinski definition) is 4. The minimum atomic E-state index is -4.65. The molecule has 7 nitrogen and oxygen atoms in total. The zero-order valence-electron chi connectivity index (χ0n) is 20.4. The Balaban J connectivity index is 1.69. The molecule has 0 fully saturated rings. The van der Waals surface area contributed by atoms with Crippen LogP contribution < -0.4 is 10.2 Å². The zero-order chi connectivity index (χ0) is 27.7. The Labute approximate surface area is 217 Å². The SMILES string of the molecule is CC(C)N(Cc1ccccc1)C(=O)c1c[nH]c2ccc(S(=O)(=O)Nc3cccc(C(F)(F)F)c3)cc2c1=O. The van der Waals surface area contributed by atoms with Gasteiger partial charge < -0.3 is 9.88 Å². The van der Waals surface area contributed by atoms with Gasteiger partial charge in [0.25, 0.3) is 15.9 Å². The lowest BCUT2D eigenvalue weighted by molar-refractivity contribution is -0.137. The second-order valence-corrected chi connectivity index (χ2v) is 10.6. The van der Waals surface area contributed by atoms with Gasteiger partial charge in [0, 0.05) is 35.4 Å². The van der Waals surface area contributed by atoms with Gasteiger partial charge in [-0.1, -0.05) is 36.4 Å². The van der Waals surface area contributed by atoms with Crippen LogP contribution in [0.25, 0.3) is 10.9 Å². The van der Waals surface area contributed by atoms with Crippen molar-refractivity contribution in [1.29, 1.82) is 0 Å². The van der Waals surface area contributed by atoms with Gasteiger partial charge in [0.1, 0.15) is 5.56 Å². The summed E-state index contributed by atoms with van der Waals surface area (Å²) in [7, 11) is -4.35. The molecule has 4 rings (SSSR count). The molecule has 11 heteroatoms. The molecule has 0 aliphatic carbocycles. The van der Waals surface area contributed by atoms with E-state index in [2.05, 4.69) is 9.71 Å². The van der Waals surface area contributed by atoms with E-state index in [-0.39, 0.29) is 34.1 Å². The number of fused-ring (bicyclic) bond motifs is 1. The van der Waals surface area contributed by atoms with Gasteiger partial charge in [0.05, 0.1) is 10.5 Å². The second kappa shape index (κ2) is 10.3. The van der Waals surface area contributed by atoms with Crippen molar-refractivity contribution in [2.45, 2.75) is 37.5 Å². The highest BCUT2D eigenvalue weighted by Gasteiger charge is 2.31. The molecule has 4 aromatic rings. The smallest absolute Gasteiger partial charge is 0.360 e. The van der Waals surface area contributed by atoms with Crippen molar-refractivity contribution in [3.8, 4) is 0 Å². The molecule has 198 valence electrons. The maximum absolute atomic E-state index is 13.4. The van der Waals surface area contributed by atoms with Crippen LogP contribution in [0.15, 0.2) is 88.7 Å². The van der Waals surface area contributed by atoms with Gasteiger partial charge in [-0.05, 0) is 55.8 Å². The number of aromatic amines is 1. The van der Waals surface area contributed by atoms with E-state index in [4.69, 9.17) is 0 Å². The number of pyridine rings is 1. The van der Waals surface area contributed by atoms with Crippen molar-refractivity contribution in [1.82, 2.24) is 9.88 Å². The zero-order valence-corrected chi connectivity index (χ0v) is 21.2. The van der Waals surface area contributed by atoms with Crippen molar-refractivity contribution in [3.63, 3.8) is 0 Å².